The number of aliphatic imine (C=N–C) groups is 1. The average molecular weight is 529 g/mol. The van der Waals surface area contributed by atoms with Crippen molar-refractivity contribution in [3.63, 3.8) is 0 Å². The summed E-state index contributed by atoms with van der Waals surface area (Å²) >= 11 is 0. The lowest BCUT2D eigenvalue weighted by molar-refractivity contribution is 0.274. The molecular weight excluding hydrogens is 487 g/mol. The fourth-order valence-corrected chi connectivity index (χ4v) is 4.20. The number of hydrogen-bond donors (Lipinski definition) is 2. The van der Waals surface area contributed by atoms with Gasteiger partial charge in [0, 0.05) is 39.8 Å². The summed E-state index contributed by atoms with van der Waals surface area (Å²) in [7, 11) is 4.07. The maximum atomic E-state index is 4.37. The van der Waals surface area contributed by atoms with Crippen molar-refractivity contribution in [2.24, 2.45) is 4.99 Å². The van der Waals surface area contributed by atoms with Crippen LogP contribution in [0.4, 0.5) is 0 Å². The first-order valence-corrected chi connectivity index (χ1v) is 11.4. The predicted molar refractivity (Wildman–Crippen MR) is 138 cm³/mol. The van der Waals surface area contributed by atoms with Gasteiger partial charge in [-0.15, -0.1) is 24.0 Å². The second-order valence-corrected chi connectivity index (χ2v) is 8.50. The van der Waals surface area contributed by atoms with Crippen LogP contribution in [0.1, 0.15) is 36.8 Å². The molecule has 2 heterocycles. The molecule has 2 aliphatic heterocycles. The molecule has 3 rings (SSSR count). The molecule has 0 aliphatic carbocycles. The lowest BCUT2D eigenvalue weighted by Gasteiger charge is -2.20. The molecule has 0 amide bonds. The minimum absolute atomic E-state index is 0. The summed E-state index contributed by atoms with van der Waals surface area (Å²) in [5.41, 5.74) is 2.71. The smallest absolute Gasteiger partial charge is 0.191 e. The first-order chi connectivity index (χ1) is 14.2. The first-order valence-electron chi connectivity index (χ1n) is 11.4. The third kappa shape index (κ3) is 9.08. The Labute approximate surface area is 200 Å². The monoisotopic (exact) mass is 528 g/mol. The van der Waals surface area contributed by atoms with Crippen molar-refractivity contribution >= 4 is 29.9 Å². The Hall–Kier alpha value is -0.900. The Morgan fingerprint density at radius 2 is 1.57 bits per heavy atom. The van der Waals surface area contributed by atoms with Crippen LogP contribution in [-0.4, -0.2) is 87.1 Å². The number of likely N-dealkylation sites (tertiary alicyclic amines) is 1. The van der Waals surface area contributed by atoms with Crippen LogP contribution in [0.2, 0.25) is 0 Å². The molecule has 0 saturated carbocycles. The summed E-state index contributed by atoms with van der Waals surface area (Å²) < 4.78 is 0. The van der Waals surface area contributed by atoms with E-state index in [1.54, 1.807) is 0 Å². The standard InChI is InChI=1S/C23H40N6.HI/c1-24-23(25-11-5-15-28-16-6-12-27(2)17-18-28)26-19-21-7-9-22(10-8-21)20-29-13-3-4-14-29;/h7-10H,3-6,11-20H2,1-2H3,(H2,24,25,26);1H. The quantitative estimate of drug-likeness (QED) is 0.235. The highest BCUT2D eigenvalue weighted by Gasteiger charge is 2.12. The highest BCUT2D eigenvalue weighted by Crippen LogP contribution is 2.13. The Morgan fingerprint density at radius 3 is 2.30 bits per heavy atom. The zero-order valence-electron chi connectivity index (χ0n) is 18.9. The molecule has 0 atom stereocenters. The van der Waals surface area contributed by atoms with Gasteiger partial charge in [0.05, 0.1) is 0 Å². The third-order valence-electron chi connectivity index (χ3n) is 6.07. The van der Waals surface area contributed by atoms with Crippen LogP contribution in [0.3, 0.4) is 0 Å². The molecule has 0 unspecified atom stereocenters. The molecule has 170 valence electrons. The lowest BCUT2D eigenvalue weighted by Crippen LogP contribution is -2.38. The number of halogens is 1. The van der Waals surface area contributed by atoms with Crippen LogP contribution in [-0.2, 0) is 13.1 Å². The number of likely N-dealkylation sites (N-methyl/N-ethyl adjacent to an activating group) is 1. The van der Waals surface area contributed by atoms with Gasteiger partial charge in [0.15, 0.2) is 5.96 Å². The normalized spacial score (nSPS) is 19.3. The third-order valence-corrected chi connectivity index (χ3v) is 6.07. The van der Waals surface area contributed by atoms with Crippen molar-refractivity contribution < 1.29 is 0 Å². The predicted octanol–water partition coefficient (Wildman–Crippen LogP) is 2.59. The highest BCUT2D eigenvalue weighted by molar-refractivity contribution is 14.0. The van der Waals surface area contributed by atoms with Crippen molar-refractivity contribution in [1.29, 1.82) is 0 Å². The van der Waals surface area contributed by atoms with E-state index in [0.29, 0.717) is 0 Å². The van der Waals surface area contributed by atoms with Crippen molar-refractivity contribution in [3.8, 4) is 0 Å². The first kappa shape index (κ1) is 25.4. The van der Waals surface area contributed by atoms with Crippen LogP contribution in [0.25, 0.3) is 0 Å². The van der Waals surface area contributed by atoms with E-state index in [9.17, 15) is 0 Å². The van der Waals surface area contributed by atoms with E-state index in [-0.39, 0.29) is 24.0 Å². The second-order valence-electron chi connectivity index (χ2n) is 8.50. The van der Waals surface area contributed by atoms with Gasteiger partial charge in [0.25, 0.3) is 0 Å². The molecule has 1 aromatic carbocycles. The molecule has 7 heteroatoms. The molecule has 0 spiro atoms. The van der Waals surface area contributed by atoms with Gasteiger partial charge < -0.3 is 20.4 Å². The molecule has 6 nitrogen and oxygen atoms in total. The number of benzene rings is 1. The van der Waals surface area contributed by atoms with E-state index < -0.39 is 0 Å². The van der Waals surface area contributed by atoms with Gasteiger partial charge in [-0.2, -0.15) is 0 Å². The number of nitrogens with one attached hydrogen (secondary N) is 2. The van der Waals surface area contributed by atoms with Crippen LogP contribution in [0.5, 0.6) is 0 Å². The Balaban J connectivity index is 0.00000320. The molecule has 0 radical (unpaired) electrons. The maximum absolute atomic E-state index is 4.37. The minimum atomic E-state index is 0. The molecule has 2 aliphatic rings. The Morgan fingerprint density at radius 1 is 0.867 bits per heavy atom. The number of guanidine groups is 1. The minimum Gasteiger partial charge on any atom is -0.356 e. The van der Waals surface area contributed by atoms with Crippen molar-refractivity contribution in [3.05, 3.63) is 35.4 Å². The zero-order chi connectivity index (χ0) is 20.3. The van der Waals surface area contributed by atoms with Crippen molar-refractivity contribution in [2.45, 2.75) is 38.8 Å². The molecule has 2 fully saturated rings. The lowest BCUT2D eigenvalue weighted by atomic mass is 10.1. The number of rotatable bonds is 8. The summed E-state index contributed by atoms with van der Waals surface area (Å²) in [5.74, 6) is 0.891. The molecule has 2 saturated heterocycles. The highest BCUT2D eigenvalue weighted by atomic mass is 127. The molecule has 30 heavy (non-hydrogen) atoms. The molecule has 0 aromatic heterocycles. The summed E-state index contributed by atoms with van der Waals surface area (Å²) in [6.45, 7) is 11.4. The number of nitrogens with zero attached hydrogens (tertiary/aromatic N) is 4. The maximum Gasteiger partial charge on any atom is 0.191 e. The van der Waals surface area contributed by atoms with E-state index in [0.717, 1.165) is 38.6 Å². The van der Waals surface area contributed by atoms with Crippen LogP contribution >= 0.6 is 24.0 Å². The van der Waals surface area contributed by atoms with Crippen LogP contribution in [0, 0.1) is 0 Å². The molecule has 1 aromatic rings. The summed E-state index contributed by atoms with van der Waals surface area (Å²) in [6, 6.07) is 9.01. The fourth-order valence-electron chi connectivity index (χ4n) is 4.20. The van der Waals surface area contributed by atoms with Crippen molar-refractivity contribution in [2.75, 3.05) is 66.5 Å². The van der Waals surface area contributed by atoms with E-state index in [1.165, 1.54) is 69.7 Å². The van der Waals surface area contributed by atoms with E-state index in [4.69, 9.17) is 0 Å². The summed E-state index contributed by atoms with van der Waals surface area (Å²) in [6.07, 6.45) is 5.13. The van der Waals surface area contributed by atoms with Gasteiger partial charge in [0.1, 0.15) is 0 Å². The van der Waals surface area contributed by atoms with Gasteiger partial charge in [0.2, 0.25) is 0 Å². The topological polar surface area (TPSA) is 46.1 Å². The van der Waals surface area contributed by atoms with Gasteiger partial charge in [-0.25, -0.2) is 0 Å². The summed E-state index contributed by atoms with van der Waals surface area (Å²) in [5, 5.41) is 6.90. The van der Waals surface area contributed by atoms with Crippen molar-refractivity contribution in [1.82, 2.24) is 25.3 Å². The SMILES string of the molecule is CN=C(NCCCN1CCCN(C)CC1)NCc1ccc(CN2CCCC2)cc1.I. The molecular formula is C23H41IN6. The van der Waals surface area contributed by atoms with Gasteiger partial charge in [-0.05, 0) is 76.6 Å². The zero-order valence-corrected chi connectivity index (χ0v) is 21.2. The Bertz CT molecular complexity index is 615. The van der Waals surface area contributed by atoms with E-state index in [2.05, 4.69) is 61.6 Å². The second kappa shape index (κ2) is 14.2. The van der Waals surface area contributed by atoms with E-state index >= 15 is 0 Å². The average Bonchev–Trinajstić information content (AvgIpc) is 3.16. The molecule has 2 N–H and O–H groups in total. The van der Waals surface area contributed by atoms with E-state index in [1.807, 2.05) is 7.05 Å². The largest absolute Gasteiger partial charge is 0.356 e. The Kier molecular flexibility index (Phi) is 12.0. The van der Waals surface area contributed by atoms with Gasteiger partial charge >= 0.3 is 0 Å². The fraction of sp³-hybridized carbons (Fsp3) is 0.696. The summed E-state index contributed by atoms with van der Waals surface area (Å²) in [4.78, 5) is 11.9. The van der Waals surface area contributed by atoms with Gasteiger partial charge in [-0.1, -0.05) is 24.3 Å². The van der Waals surface area contributed by atoms with Gasteiger partial charge in [-0.3, -0.25) is 9.89 Å². The number of hydrogen-bond acceptors (Lipinski definition) is 4. The van der Waals surface area contributed by atoms with Crippen LogP contribution in [0.15, 0.2) is 29.3 Å². The van der Waals surface area contributed by atoms with Crippen LogP contribution < -0.4 is 10.6 Å². The molecule has 0 bridgehead atoms.